The lowest BCUT2D eigenvalue weighted by Crippen LogP contribution is -2.47. The minimum atomic E-state index is -0.518. The monoisotopic (exact) mass is 409 g/mol. The summed E-state index contributed by atoms with van der Waals surface area (Å²) < 4.78 is 5.24. The third-order valence-corrected chi connectivity index (χ3v) is 6.23. The first-order chi connectivity index (χ1) is 14.5. The first kappa shape index (κ1) is 20.7. The fourth-order valence-corrected chi connectivity index (χ4v) is 4.48. The van der Waals surface area contributed by atoms with Gasteiger partial charge in [0.2, 0.25) is 5.91 Å². The number of piperazine rings is 1. The number of aryl methyl sites for hydroxylation is 1. The highest BCUT2D eigenvalue weighted by atomic mass is 16.5. The quantitative estimate of drug-likeness (QED) is 0.823. The number of carbonyl (C=O) groups is 1. The SMILES string of the molecule is COc1ccc(N2CCN(CC(O)c3ccc4c(c3)CCCN4C(C)=O)CC2)cc1. The number of aliphatic hydroxyl groups excluding tert-OH is 1. The van der Waals surface area contributed by atoms with Crippen molar-refractivity contribution in [1.82, 2.24) is 4.90 Å². The van der Waals surface area contributed by atoms with Gasteiger partial charge in [-0.2, -0.15) is 0 Å². The van der Waals surface area contributed by atoms with Crippen LogP contribution in [-0.2, 0) is 11.2 Å². The second kappa shape index (κ2) is 9.06. The predicted molar refractivity (Wildman–Crippen MR) is 119 cm³/mol. The van der Waals surface area contributed by atoms with Crippen molar-refractivity contribution in [1.29, 1.82) is 0 Å². The smallest absolute Gasteiger partial charge is 0.223 e. The van der Waals surface area contributed by atoms with Gasteiger partial charge in [-0.15, -0.1) is 0 Å². The lowest BCUT2D eigenvalue weighted by Gasteiger charge is -2.37. The molecule has 1 unspecified atom stereocenters. The molecule has 2 heterocycles. The van der Waals surface area contributed by atoms with E-state index in [1.165, 1.54) is 5.69 Å². The van der Waals surface area contributed by atoms with Gasteiger partial charge in [0.1, 0.15) is 5.75 Å². The van der Waals surface area contributed by atoms with Crippen LogP contribution in [0.3, 0.4) is 0 Å². The van der Waals surface area contributed by atoms with Crippen molar-refractivity contribution >= 4 is 17.3 Å². The van der Waals surface area contributed by atoms with Gasteiger partial charge < -0.3 is 19.6 Å². The minimum Gasteiger partial charge on any atom is -0.497 e. The van der Waals surface area contributed by atoms with E-state index in [-0.39, 0.29) is 5.91 Å². The summed E-state index contributed by atoms with van der Waals surface area (Å²) in [4.78, 5) is 18.4. The Balaban J connectivity index is 1.34. The average molecular weight is 410 g/mol. The maximum atomic E-state index is 11.9. The Morgan fingerprint density at radius 1 is 1.07 bits per heavy atom. The number of ether oxygens (including phenoxy) is 1. The van der Waals surface area contributed by atoms with Crippen LogP contribution < -0.4 is 14.5 Å². The van der Waals surface area contributed by atoms with Crippen LogP contribution in [0.25, 0.3) is 0 Å². The van der Waals surface area contributed by atoms with Crippen molar-refractivity contribution in [2.75, 3.05) is 56.2 Å². The van der Waals surface area contributed by atoms with E-state index in [1.54, 1.807) is 14.0 Å². The second-order valence-electron chi connectivity index (χ2n) is 8.16. The van der Waals surface area contributed by atoms with Crippen LogP contribution in [0.1, 0.15) is 30.6 Å². The van der Waals surface area contributed by atoms with Crippen LogP contribution in [0.15, 0.2) is 42.5 Å². The Morgan fingerprint density at radius 3 is 2.47 bits per heavy atom. The summed E-state index contributed by atoms with van der Waals surface area (Å²) in [5, 5.41) is 10.8. The zero-order chi connectivity index (χ0) is 21.1. The van der Waals surface area contributed by atoms with Crippen LogP contribution in [0.2, 0.25) is 0 Å². The molecule has 1 N–H and O–H groups in total. The summed E-state index contributed by atoms with van der Waals surface area (Å²) in [6.45, 7) is 6.75. The third-order valence-electron chi connectivity index (χ3n) is 6.23. The van der Waals surface area contributed by atoms with E-state index in [2.05, 4.69) is 28.0 Å². The van der Waals surface area contributed by atoms with Gasteiger partial charge in [0.05, 0.1) is 13.2 Å². The number of amides is 1. The van der Waals surface area contributed by atoms with Crippen molar-refractivity contribution in [3.05, 3.63) is 53.6 Å². The Labute approximate surface area is 178 Å². The number of benzene rings is 2. The molecule has 2 aliphatic heterocycles. The van der Waals surface area contributed by atoms with Crippen molar-refractivity contribution in [2.24, 2.45) is 0 Å². The largest absolute Gasteiger partial charge is 0.497 e. The molecule has 1 atom stereocenters. The minimum absolute atomic E-state index is 0.0824. The van der Waals surface area contributed by atoms with Crippen LogP contribution in [0.5, 0.6) is 5.75 Å². The zero-order valence-corrected chi connectivity index (χ0v) is 17.9. The van der Waals surface area contributed by atoms with E-state index in [9.17, 15) is 9.90 Å². The Bertz CT molecular complexity index is 876. The van der Waals surface area contributed by atoms with Crippen LogP contribution in [0.4, 0.5) is 11.4 Å². The van der Waals surface area contributed by atoms with Crippen molar-refractivity contribution < 1.29 is 14.6 Å². The molecule has 0 spiro atoms. The molecular weight excluding hydrogens is 378 g/mol. The third kappa shape index (κ3) is 4.45. The number of hydrogen-bond acceptors (Lipinski definition) is 5. The number of carbonyl (C=O) groups excluding carboxylic acids is 1. The normalized spacial score (nSPS) is 18.1. The van der Waals surface area contributed by atoms with E-state index in [1.807, 2.05) is 29.2 Å². The molecule has 4 rings (SSSR count). The lowest BCUT2D eigenvalue weighted by molar-refractivity contribution is -0.116. The highest BCUT2D eigenvalue weighted by Crippen LogP contribution is 2.30. The maximum absolute atomic E-state index is 11.9. The number of β-amino-alcohol motifs (C(OH)–C–C–N with tert-alkyl or cyclic N) is 1. The molecule has 1 saturated heterocycles. The number of anilines is 2. The van der Waals surface area contributed by atoms with Gasteiger partial charge in [-0.3, -0.25) is 9.69 Å². The average Bonchev–Trinajstić information content (AvgIpc) is 2.78. The van der Waals surface area contributed by atoms with Crippen molar-refractivity contribution in [2.45, 2.75) is 25.9 Å². The van der Waals surface area contributed by atoms with Gasteiger partial charge in [-0.1, -0.05) is 12.1 Å². The molecule has 1 amide bonds. The molecule has 160 valence electrons. The number of hydrogen-bond donors (Lipinski definition) is 1. The fourth-order valence-electron chi connectivity index (χ4n) is 4.48. The topological polar surface area (TPSA) is 56.2 Å². The molecule has 6 nitrogen and oxygen atoms in total. The van der Waals surface area contributed by atoms with Gasteiger partial charge in [0, 0.05) is 57.6 Å². The van der Waals surface area contributed by atoms with E-state index < -0.39 is 6.10 Å². The van der Waals surface area contributed by atoms with Crippen LogP contribution in [0, 0.1) is 0 Å². The van der Waals surface area contributed by atoms with E-state index in [4.69, 9.17) is 4.74 Å². The molecule has 30 heavy (non-hydrogen) atoms. The van der Waals surface area contributed by atoms with E-state index >= 15 is 0 Å². The molecule has 0 saturated carbocycles. The maximum Gasteiger partial charge on any atom is 0.223 e. The molecule has 0 aliphatic carbocycles. The zero-order valence-electron chi connectivity index (χ0n) is 17.9. The number of nitrogens with zero attached hydrogens (tertiary/aromatic N) is 3. The molecule has 2 aromatic rings. The summed E-state index contributed by atoms with van der Waals surface area (Å²) in [7, 11) is 1.68. The highest BCUT2D eigenvalue weighted by molar-refractivity contribution is 5.92. The van der Waals surface area contributed by atoms with Gasteiger partial charge >= 0.3 is 0 Å². The molecule has 0 bridgehead atoms. The van der Waals surface area contributed by atoms with E-state index in [0.717, 1.165) is 68.1 Å². The number of aliphatic hydroxyl groups is 1. The Morgan fingerprint density at radius 2 is 1.80 bits per heavy atom. The number of fused-ring (bicyclic) bond motifs is 1. The van der Waals surface area contributed by atoms with Crippen molar-refractivity contribution in [3.8, 4) is 5.75 Å². The summed E-state index contributed by atoms with van der Waals surface area (Å²) in [5.74, 6) is 0.955. The molecule has 6 heteroatoms. The Hall–Kier alpha value is -2.57. The molecule has 0 radical (unpaired) electrons. The predicted octanol–water partition coefficient (Wildman–Crippen LogP) is 2.85. The van der Waals surface area contributed by atoms with Crippen molar-refractivity contribution in [3.63, 3.8) is 0 Å². The van der Waals surface area contributed by atoms with Crippen LogP contribution >= 0.6 is 0 Å². The van der Waals surface area contributed by atoms with Gasteiger partial charge in [0.25, 0.3) is 0 Å². The first-order valence-electron chi connectivity index (χ1n) is 10.8. The summed E-state index contributed by atoms with van der Waals surface area (Å²) in [5.41, 5.74) is 4.31. The molecular formula is C24H31N3O3. The summed E-state index contributed by atoms with van der Waals surface area (Å²) in [6.07, 6.45) is 1.41. The molecule has 0 aromatic heterocycles. The fraction of sp³-hybridized carbons (Fsp3) is 0.458. The molecule has 2 aromatic carbocycles. The number of rotatable bonds is 5. The van der Waals surface area contributed by atoms with Gasteiger partial charge in [-0.25, -0.2) is 0 Å². The van der Waals surface area contributed by atoms with Gasteiger partial charge in [-0.05, 0) is 54.3 Å². The highest BCUT2D eigenvalue weighted by Gasteiger charge is 2.23. The second-order valence-corrected chi connectivity index (χ2v) is 8.16. The van der Waals surface area contributed by atoms with Crippen LogP contribution in [-0.4, -0.2) is 62.3 Å². The Kier molecular flexibility index (Phi) is 6.25. The first-order valence-corrected chi connectivity index (χ1v) is 10.8. The van der Waals surface area contributed by atoms with Gasteiger partial charge in [0.15, 0.2) is 0 Å². The van der Waals surface area contributed by atoms with E-state index in [0.29, 0.717) is 6.54 Å². The molecule has 2 aliphatic rings. The summed E-state index contributed by atoms with van der Waals surface area (Å²) >= 11 is 0. The summed E-state index contributed by atoms with van der Waals surface area (Å²) in [6, 6.07) is 14.2. The standard InChI is InChI=1S/C24H31N3O3/c1-18(28)27-11-3-4-19-16-20(5-10-23(19)27)24(29)17-25-12-14-26(15-13-25)21-6-8-22(30-2)9-7-21/h5-10,16,24,29H,3-4,11-15,17H2,1-2H3. The number of methoxy groups -OCH3 is 1. The molecule has 1 fully saturated rings. The lowest BCUT2D eigenvalue weighted by atomic mass is 9.97.